The van der Waals surface area contributed by atoms with E-state index in [1.807, 2.05) is 19.9 Å². The van der Waals surface area contributed by atoms with Gasteiger partial charge in [-0.3, -0.25) is 4.84 Å². The molecule has 3 aliphatic heterocycles. The Balaban J connectivity index is 0.000000750. The van der Waals surface area contributed by atoms with Gasteiger partial charge in [0.1, 0.15) is 18.3 Å². The van der Waals surface area contributed by atoms with Gasteiger partial charge in [-0.25, -0.2) is 0 Å². The van der Waals surface area contributed by atoms with E-state index in [1.165, 1.54) is 0 Å². The Bertz CT molecular complexity index is 245. The Morgan fingerprint density at radius 3 is 2.43 bits per heavy atom. The van der Waals surface area contributed by atoms with Gasteiger partial charge >= 0.3 is 0 Å². The van der Waals surface area contributed by atoms with Gasteiger partial charge in [0, 0.05) is 0 Å². The molecule has 2 fully saturated rings. The molecule has 2 saturated heterocycles. The lowest BCUT2D eigenvalue weighted by molar-refractivity contribution is -0.154. The van der Waals surface area contributed by atoms with Crippen LogP contribution >= 0.6 is 12.4 Å². The fraction of sp³-hybridized carbons (Fsp3) is 0.778. The van der Waals surface area contributed by atoms with Crippen LogP contribution in [0.2, 0.25) is 0 Å². The minimum Gasteiger partial charge on any atom is -0.342 e. The topological polar surface area (TPSA) is 39.7 Å². The van der Waals surface area contributed by atoms with Crippen LogP contribution in [0.3, 0.4) is 0 Å². The molecule has 4 aliphatic rings. The number of halogens is 1. The SMILES string of the molecule is CC1(C)O[C@@H]2[C@H](O1)[C@@H]1C=C[C@H]2NO1.Cl. The van der Waals surface area contributed by atoms with E-state index >= 15 is 0 Å². The number of hydroxylamine groups is 1. The fourth-order valence-corrected chi connectivity index (χ4v) is 2.17. The highest BCUT2D eigenvalue weighted by Gasteiger charge is 2.52. The van der Waals surface area contributed by atoms with Gasteiger partial charge < -0.3 is 9.47 Å². The summed E-state index contributed by atoms with van der Waals surface area (Å²) < 4.78 is 11.5. The van der Waals surface area contributed by atoms with Crippen molar-refractivity contribution in [3.8, 4) is 0 Å². The second-order valence-corrected chi connectivity index (χ2v) is 4.18. The summed E-state index contributed by atoms with van der Waals surface area (Å²) in [5.74, 6) is -0.479. The van der Waals surface area contributed by atoms with E-state index in [-0.39, 0.29) is 36.8 Å². The normalized spacial score (nSPS) is 47.3. The van der Waals surface area contributed by atoms with E-state index in [1.54, 1.807) is 0 Å². The fourth-order valence-electron chi connectivity index (χ4n) is 2.17. The maximum atomic E-state index is 5.77. The Morgan fingerprint density at radius 2 is 1.86 bits per heavy atom. The van der Waals surface area contributed by atoms with Gasteiger partial charge in [0.15, 0.2) is 5.79 Å². The molecule has 0 saturated carbocycles. The van der Waals surface area contributed by atoms with E-state index in [4.69, 9.17) is 14.3 Å². The lowest BCUT2D eigenvalue weighted by Crippen LogP contribution is -2.58. The van der Waals surface area contributed by atoms with E-state index in [9.17, 15) is 0 Å². The van der Waals surface area contributed by atoms with Crippen LogP contribution in [-0.2, 0) is 14.3 Å². The molecule has 1 aliphatic carbocycles. The molecule has 2 bridgehead atoms. The molecule has 0 radical (unpaired) electrons. The lowest BCUT2D eigenvalue weighted by atomic mass is 9.93. The smallest absolute Gasteiger partial charge is 0.164 e. The predicted molar refractivity (Wildman–Crippen MR) is 52.0 cm³/mol. The maximum Gasteiger partial charge on any atom is 0.164 e. The van der Waals surface area contributed by atoms with Crippen molar-refractivity contribution in [2.75, 3.05) is 0 Å². The highest BCUT2D eigenvalue weighted by Crippen LogP contribution is 2.37. The Labute approximate surface area is 88.9 Å². The minimum absolute atomic E-state index is 0. The molecule has 5 heteroatoms. The molecule has 0 aromatic rings. The van der Waals surface area contributed by atoms with Crippen LogP contribution < -0.4 is 5.48 Å². The van der Waals surface area contributed by atoms with Gasteiger partial charge in [0.05, 0.1) is 6.04 Å². The van der Waals surface area contributed by atoms with Gasteiger partial charge in [-0.15, -0.1) is 12.4 Å². The molecular formula is C9H14ClNO3. The number of hydrogen-bond acceptors (Lipinski definition) is 4. The summed E-state index contributed by atoms with van der Waals surface area (Å²) in [7, 11) is 0. The molecule has 0 spiro atoms. The standard InChI is InChI=1S/C9H13NO3.ClH/c1-9(2)11-7-5-3-4-6(13-10-5)8(7)12-9;/h3-8,10H,1-2H3;1H/t5-,6+,7+,8-;/m1./s1. The van der Waals surface area contributed by atoms with Gasteiger partial charge in [-0.05, 0) is 13.8 Å². The number of rotatable bonds is 0. The van der Waals surface area contributed by atoms with Crippen LogP contribution in [0.5, 0.6) is 0 Å². The zero-order valence-electron chi connectivity index (χ0n) is 8.10. The van der Waals surface area contributed by atoms with Crippen molar-refractivity contribution in [3.63, 3.8) is 0 Å². The van der Waals surface area contributed by atoms with Crippen LogP contribution in [0.1, 0.15) is 13.8 Å². The summed E-state index contributed by atoms with van der Waals surface area (Å²) in [4.78, 5) is 5.34. The molecule has 0 aromatic heterocycles. The van der Waals surface area contributed by atoms with Crippen LogP contribution in [0.25, 0.3) is 0 Å². The molecule has 1 N–H and O–H groups in total. The van der Waals surface area contributed by atoms with Crippen LogP contribution in [0.15, 0.2) is 12.2 Å². The van der Waals surface area contributed by atoms with E-state index in [0.29, 0.717) is 0 Å². The summed E-state index contributed by atoms with van der Waals surface area (Å²) >= 11 is 0. The van der Waals surface area contributed by atoms with E-state index in [0.717, 1.165) is 0 Å². The van der Waals surface area contributed by atoms with Crippen molar-refractivity contribution in [1.29, 1.82) is 0 Å². The molecule has 80 valence electrons. The van der Waals surface area contributed by atoms with Crippen LogP contribution in [-0.4, -0.2) is 30.1 Å². The monoisotopic (exact) mass is 219 g/mol. The van der Waals surface area contributed by atoms with Crippen molar-refractivity contribution in [1.82, 2.24) is 5.48 Å². The molecule has 0 amide bonds. The van der Waals surface area contributed by atoms with Gasteiger partial charge in [-0.2, -0.15) is 5.48 Å². The van der Waals surface area contributed by atoms with Crippen molar-refractivity contribution >= 4 is 12.4 Å². The van der Waals surface area contributed by atoms with Crippen molar-refractivity contribution in [2.45, 2.75) is 44.0 Å². The van der Waals surface area contributed by atoms with E-state index in [2.05, 4.69) is 11.6 Å². The first-order chi connectivity index (χ1) is 6.16. The zero-order chi connectivity index (χ0) is 9.05. The van der Waals surface area contributed by atoms with Gasteiger partial charge in [-0.1, -0.05) is 12.2 Å². The average molecular weight is 220 g/mol. The molecule has 4 atom stereocenters. The summed E-state index contributed by atoms with van der Waals surface area (Å²) in [5.41, 5.74) is 2.94. The second kappa shape index (κ2) is 3.18. The molecule has 4 rings (SSSR count). The van der Waals surface area contributed by atoms with Crippen molar-refractivity contribution in [2.24, 2.45) is 0 Å². The first-order valence-corrected chi connectivity index (χ1v) is 4.61. The van der Waals surface area contributed by atoms with Crippen LogP contribution in [0.4, 0.5) is 0 Å². The number of ether oxygens (including phenoxy) is 2. The van der Waals surface area contributed by atoms with Gasteiger partial charge in [0.2, 0.25) is 0 Å². The zero-order valence-corrected chi connectivity index (χ0v) is 8.91. The molecule has 0 aromatic carbocycles. The molecular weight excluding hydrogens is 206 g/mol. The average Bonchev–Trinajstić information content (AvgIpc) is 2.43. The largest absolute Gasteiger partial charge is 0.342 e. The summed E-state index contributed by atoms with van der Waals surface area (Å²) in [5, 5.41) is 0. The summed E-state index contributed by atoms with van der Waals surface area (Å²) in [6.07, 6.45) is 4.26. The Morgan fingerprint density at radius 1 is 1.14 bits per heavy atom. The Kier molecular flexibility index (Phi) is 2.36. The molecule has 3 heterocycles. The predicted octanol–water partition coefficient (Wildman–Crippen LogP) is 0.770. The van der Waals surface area contributed by atoms with Crippen LogP contribution in [0, 0.1) is 0 Å². The molecule has 4 nitrogen and oxygen atoms in total. The summed E-state index contributed by atoms with van der Waals surface area (Å²) in [6, 6.07) is 0.136. The van der Waals surface area contributed by atoms with Gasteiger partial charge in [0.25, 0.3) is 0 Å². The maximum absolute atomic E-state index is 5.77. The quantitative estimate of drug-likeness (QED) is 0.611. The highest BCUT2D eigenvalue weighted by atomic mass is 35.5. The number of nitrogens with one attached hydrogen (secondary N) is 1. The summed E-state index contributed by atoms with van der Waals surface area (Å²) in [6.45, 7) is 3.87. The van der Waals surface area contributed by atoms with Crippen molar-refractivity contribution in [3.05, 3.63) is 12.2 Å². The van der Waals surface area contributed by atoms with E-state index < -0.39 is 5.79 Å². The molecule has 0 unspecified atom stereocenters. The first kappa shape index (κ1) is 10.4. The highest BCUT2D eigenvalue weighted by molar-refractivity contribution is 5.85. The van der Waals surface area contributed by atoms with Crippen molar-refractivity contribution < 1.29 is 14.3 Å². The minimum atomic E-state index is -0.479. The lowest BCUT2D eigenvalue weighted by Gasteiger charge is -2.38. The molecule has 14 heavy (non-hydrogen) atoms. The third kappa shape index (κ3) is 1.38. The third-order valence-electron chi connectivity index (χ3n) is 2.69. The first-order valence-electron chi connectivity index (χ1n) is 4.61. The second-order valence-electron chi connectivity index (χ2n) is 4.18. The third-order valence-corrected chi connectivity index (χ3v) is 2.69. The Hall–Kier alpha value is -0.130. The number of fused-ring (bicyclic) bond motifs is 1. The number of hydrogen-bond donors (Lipinski definition) is 1.